The summed E-state index contributed by atoms with van der Waals surface area (Å²) in [7, 11) is 0. The molecule has 3 aromatic rings. The van der Waals surface area contributed by atoms with Crippen LogP contribution in [-0.2, 0) is 16.0 Å². The molecule has 3 heterocycles. The molecule has 0 spiro atoms. The molecule has 1 aliphatic carbocycles. The van der Waals surface area contributed by atoms with Crippen molar-refractivity contribution < 1.29 is 19.1 Å². The number of hydrogen-bond donors (Lipinski definition) is 3. The van der Waals surface area contributed by atoms with Crippen LogP contribution in [0.5, 0.6) is 0 Å². The normalized spacial score (nSPS) is 22.7. The van der Waals surface area contributed by atoms with Crippen LogP contribution >= 0.6 is 0 Å². The van der Waals surface area contributed by atoms with Crippen LogP contribution in [0.1, 0.15) is 79.6 Å². The Hall–Kier alpha value is -3.65. The number of hydrogen-bond acceptors (Lipinski definition) is 6. The Morgan fingerprint density at radius 2 is 1.73 bits per heavy atom. The van der Waals surface area contributed by atoms with E-state index in [0.717, 1.165) is 85.8 Å². The lowest BCUT2D eigenvalue weighted by atomic mass is 9.80. The van der Waals surface area contributed by atoms with Gasteiger partial charge in [-0.05, 0) is 87.2 Å². The molecule has 0 unspecified atom stereocenters. The van der Waals surface area contributed by atoms with Gasteiger partial charge in [-0.2, -0.15) is 0 Å². The predicted octanol–water partition coefficient (Wildman–Crippen LogP) is 5.29. The van der Waals surface area contributed by atoms with E-state index in [1.54, 1.807) is 6.07 Å². The fourth-order valence-corrected chi connectivity index (χ4v) is 6.97. The van der Waals surface area contributed by atoms with Crippen molar-refractivity contribution in [3.05, 3.63) is 53.7 Å². The molecule has 3 aliphatic rings. The first kappa shape index (κ1) is 27.5. The van der Waals surface area contributed by atoms with Crippen LogP contribution in [0.4, 0.5) is 5.69 Å². The molecule has 216 valence electrons. The van der Waals surface area contributed by atoms with Crippen molar-refractivity contribution in [1.29, 1.82) is 0 Å². The zero-order chi connectivity index (χ0) is 28.7. The van der Waals surface area contributed by atoms with Gasteiger partial charge in [-0.3, -0.25) is 19.0 Å². The highest BCUT2D eigenvalue weighted by atomic mass is 16.5. The number of carbonyl (C=O) groups excluding carboxylic acids is 3. The summed E-state index contributed by atoms with van der Waals surface area (Å²) in [5.41, 5.74) is 10.7. The van der Waals surface area contributed by atoms with E-state index >= 15 is 0 Å². The van der Waals surface area contributed by atoms with E-state index < -0.39 is 5.91 Å². The lowest BCUT2D eigenvalue weighted by molar-refractivity contribution is -0.156. The number of piperidine rings is 1. The van der Waals surface area contributed by atoms with Crippen LogP contribution < -0.4 is 16.4 Å². The number of nitrogens with two attached hydrogens (primary N) is 1. The first-order valence-corrected chi connectivity index (χ1v) is 15.0. The Labute approximate surface area is 241 Å². The largest absolute Gasteiger partial charge is 0.462 e. The number of aromatic nitrogens is 1. The summed E-state index contributed by atoms with van der Waals surface area (Å²) < 4.78 is 7.77. The maximum absolute atomic E-state index is 13.3. The zero-order valence-corrected chi connectivity index (χ0v) is 24.0. The summed E-state index contributed by atoms with van der Waals surface area (Å²) in [6, 6.07) is 13.9. The van der Waals surface area contributed by atoms with Crippen LogP contribution in [0.2, 0.25) is 0 Å². The maximum atomic E-state index is 13.3. The molecule has 0 atom stereocenters. The summed E-state index contributed by atoms with van der Waals surface area (Å²) in [5.74, 6) is -0.423. The highest BCUT2D eigenvalue weighted by Crippen LogP contribution is 2.43. The number of fused-ring (bicyclic) bond motifs is 3. The van der Waals surface area contributed by atoms with Gasteiger partial charge in [0.1, 0.15) is 6.10 Å². The van der Waals surface area contributed by atoms with E-state index in [1.165, 1.54) is 0 Å². The first-order chi connectivity index (χ1) is 19.7. The summed E-state index contributed by atoms with van der Waals surface area (Å²) in [4.78, 5) is 38.3. The van der Waals surface area contributed by atoms with E-state index in [4.69, 9.17) is 10.5 Å². The summed E-state index contributed by atoms with van der Waals surface area (Å²) >= 11 is 0. The second-order valence-electron chi connectivity index (χ2n) is 12.8. The molecule has 8 heteroatoms. The highest BCUT2D eigenvalue weighted by Gasteiger charge is 2.35. The Morgan fingerprint density at radius 1 is 1.00 bits per heavy atom. The molecule has 4 N–H and O–H groups in total. The number of para-hydroxylation sites is 1. The molecule has 2 aliphatic heterocycles. The third kappa shape index (κ3) is 5.49. The van der Waals surface area contributed by atoms with Crippen LogP contribution in [-0.4, -0.2) is 47.6 Å². The zero-order valence-electron chi connectivity index (χ0n) is 24.0. The van der Waals surface area contributed by atoms with Crippen molar-refractivity contribution in [3.63, 3.8) is 0 Å². The molecular weight excluding hydrogens is 516 g/mol. The molecule has 1 saturated heterocycles. The van der Waals surface area contributed by atoms with Gasteiger partial charge in [0.2, 0.25) is 5.91 Å². The SMILES string of the molecule is CC1(C)CC(=O)n2c(c(-c3ccc(C(N)=O)c(N[C@H]4CC[C@H](OC(=O)C5CCNCC5)CC4)c3)c3ccccc32)C1. The Morgan fingerprint density at radius 3 is 2.46 bits per heavy atom. The lowest BCUT2D eigenvalue weighted by Crippen LogP contribution is -2.36. The maximum Gasteiger partial charge on any atom is 0.309 e. The molecule has 1 amide bonds. The van der Waals surface area contributed by atoms with Gasteiger partial charge in [-0.15, -0.1) is 0 Å². The van der Waals surface area contributed by atoms with Crippen molar-refractivity contribution in [2.45, 2.75) is 77.4 Å². The number of nitrogens with zero attached hydrogens (tertiary/aromatic N) is 1. The molecule has 2 fully saturated rings. The van der Waals surface area contributed by atoms with Gasteiger partial charge in [-0.25, -0.2) is 0 Å². The van der Waals surface area contributed by atoms with Gasteiger partial charge in [0, 0.05) is 34.8 Å². The molecule has 8 nitrogen and oxygen atoms in total. The number of anilines is 1. The smallest absolute Gasteiger partial charge is 0.309 e. The van der Waals surface area contributed by atoms with Crippen LogP contribution in [0.25, 0.3) is 22.0 Å². The molecule has 0 radical (unpaired) electrons. The second-order valence-corrected chi connectivity index (χ2v) is 12.8. The number of primary amides is 1. The van der Waals surface area contributed by atoms with Crippen LogP contribution in [0.15, 0.2) is 42.5 Å². The van der Waals surface area contributed by atoms with Gasteiger partial charge in [0.15, 0.2) is 0 Å². The fourth-order valence-electron chi connectivity index (χ4n) is 6.97. The molecule has 41 heavy (non-hydrogen) atoms. The standard InChI is InChI=1S/C33H40N4O4/c1-33(2)18-28-30(25-5-3-4-6-27(25)37(28)29(38)19-33)21-7-12-24(31(34)39)26(17-21)36-22-8-10-23(11-9-22)41-32(40)20-13-15-35-16-14-20/h3-7,12,17,20,22-23,35-36H,8-11,13-16,18-19H2,1-2H3,(H2,34,39)/t22-,23-. The Balaban J connectivity index is 1.25. The molecule has 1 saturated carbocycles. The molecule has 1 aromatic heterocycles. The summed E-state index contributed by atoms with van der Waals surface area (Å²) in [6.45, 7) is 6.01. The van der Waals surface area contributed by atoms with E-state index in [9.17, 15) is 14.4 Å². The molecular formula is C33H40N4O4. The average molecular weight is 557 g/mol. The Bertz CT molecular complexity index is 1490. The third-order valence-electron chi connectivity index (χ3n) is 9.06. The highest BCUT2D eigenvalue weighted by molar-refractivity contribution is 6.06. The van der Waals surface area contributed by atoms with E-state index in [0.29, 0.717) is 17.7 Å². The molecule has 6 rings (SSSR count). The van der Waals surface area contributed by atoms with E-state index in [-0.39, 0.29) is 35.4 Å². The van der Waals surface area contributed by atoms with Crippen molar-refractivity contribution in [2.24, 2.45) is 17.1 Å². The minimum Gasteiger partial charge on any atom is -0.462 e. The van der Waals surface area contributed by atoms with Crippen molar-refractivity contribution in [1.82, 2.24) is 9.88 Å². The van der Waals surface area contributed by atoms with E-state index in [2.05, 4.69) is 30.5 Å². The minimum atomic E-state index is -0.483. The van der Waals surface area contributed by atoms with Crippen LogP contribution in [0, 0.1) is 11.3 Å². The lowest BCUT2D eigenvalue weighted by Gasteiger charge is -2.32. The molecule has 0 bridgehead atoms. The van der Waals surface area contributed by atoms with E-state index in [1.807, 2.05) is 34.9 Å². The van der Waals surface area contributed by atoms with Gasteiger partial charge in [0.25, 0.3) is 5.91 Å². The van der Waals surface area contributed by atoms with Gasteiger partial charge in [-0.1, -0.05) is 38.1 Å². The first-order valence-electron chi connectivity index (χ1n) is 15.0. The number of benzene rings is 2. The number of esters is 1. The van der Waals surface area contributed by atoms with Gasteiger partial charge < -0.3 is 21.1 Å². The van der Waals surface area contributed by atoms with Crippen molar-refractivity contribution in [2.75, 3.05) is 18.4 Å². The van der Waals surface area contributed by atoms with Crippen molar-refractivity contribution in [3.8, 4) is 11.1 Å². The minimum absolute atomic E-state index is 0.00464. The van der Waals surface area contributed by atoms with Crippen LogP contribution in [0.3, 0.4) is 0 Å². The fraction of sp³-hybridized carbons (Fsp3) is 0.485. The van der Waals surface area contributed by atoms with Gasteiger partial charge in [0.05, 0.1) is 17.0 Å². The summed E-state index contributed by atoms with van der Waals surface area (Å²) in [6.07, 6.45) is 6.15. The number of ether oxygens (including phenoxy) is 1. The number of rotatable bonds is 6. The summed E-state index contributed by atoms with van der Waals surface area (Å²) in [5, 5.41) is 7.92. The molecule has 2 aromatic carbocycles. The number of amides is 1. The Kier molecular flexibility index (Phi) is 7.36. The quantitative estimate of drug-likeness (QED) is 0.356. The topological polar surface area (TPSA) is 115 Å². The van der Waals surface area contributed by atoms with Crippen molar-refractivity contribution >= 4 is 34.4 Å². The third-order valence-corrected chi connectivity index (χ3v) is 9.06. The monoisotopic (exact) mass is 556 g/mol. The number of nitrogens with one attached hydrogen (secondary N) is 2. The second kappa shape index (κ2) is 11.0. The predicted molar refractivity (Wildman–Crippen MR) is 160 cm³/mol. The average Bonchev–Trinajstić information content (AvgIpc) is 3.27. The van der Waals surface area contributed by atoms with Gasteiger partial charge >= 0.3 is 5.97 Å². The number of carbonyl (C=O) groups is 3.